The first-order chi connectivity index (χ1) is 9.72. The van der Waals surface area contributed by atoms with E-state index in [9.17, 15) is 0 Å². The lowest BCUT2D eigenvalue weighted by Crippen LogP contribution is -2.24. The molecule has 1 aliphatic rings. The molecule has 2 aromatic rings. The van der Waals surface area contributed by atoms with Crippen LogP contribution < -0.4 is 9.80 Å². The maximum absolute atomic E-state index is 4.75. The van der Waals surface area contributed by atoms with Crippen LogP contribution in [-0.2, 0) is 6.54 Å². The number of aryl methyl sites for hydroxylation is 1. The molecule has 3 heterocycles. The Hall–Kier alpha value is -2.18. The Morgan fingerprint density at radius 3 is 2.80 bits per heavy atom. The van der Waals surface area contributed by atoms with E-state index in [0.29, 0.717) is 12.4 Å². The average Bonchev–Trinajstić information content (AvgIpc) is 3.11. The summed E-state index contributed by atoms with van der Waals surface area (Å²) in [6.45, 7) is 4.63. The zero-order valence-electron chi connectivity index (χ0n) is 11.8. The van der Waals surface area contributed by atoms with Crippen LogP contribution in [0.2, 0.25) is 0 Å². The van der Waals surface area contributed by atoms with Crippen LogP contribution in [0.25, 0.3) is 0 Å². The lowest BCUT2D eigenvalue weighted by atomic mass is 10.4. The largest absolute Gasteiger partial charge is 0.352 e. The van der Waals surface area contributed by atoms with Crippen molar-refractivity contribution in [2.24, 2.45) is 0 Å². The summed E-state index contributed by atoms with van der Waals surface area (Å²) in [7, 11) is 1.96. The molecule has 7 nitrogen and oxygen atoms in total. The second-order valence-corrected chi connectivity index (χ2v) is 5.07. The Morgan fingerprint density at radius 1 is 1.30 bits per heavy atom. The molecule has 1 fully saturated rings. The number of hydrogen-bond acceptors (Lipinski definition) is 7. The lowest BCUT2D eigenvalue weighted by Gasteiger charge is -2.20. The number of nitrogens with zero attached hydrogens (tertiary/aromatic N) is 6. The third kappa shape index (κ3) is 2.71. The van der Waals surface area contributed by atoms with Gasteiger partial charge in [-0.05, 0) is 19.8 Å². The molecule has 0 N–H and O–H groups in total. The molecule has 0 bridgehead atoms. The molecule has 3 rings (SSSR count). The molecular weight excluding hydrogens is 256 g/mol. The SMILES string of the molecule is Cc1cc(N(C)Cc2ncon2)nc(N2CCCC2)n1. The van der Waals surface area contributed by atoms with E-state index in [2.05, 4.69) is 25.0 Å². The molecule has 2 aromatic heterocycles. The van der Waals surface area contributed by atoms with Crippen LogP contribution in [0.15, 0.2) is 17.0 Å². The highest BCUT2D eigenvalue weighted by Gasteiger charge is 2.17. The van der Waals surface area contributed by atoms with E-state index in [1.54, 1.807) is 0 Å². The van der Waals surface area contributed by atoms with Crippen LogP contribution in [0.4, 0.5) is 11.8 Å². The predicted molar refractivity (Wildman–Crippen MR) is 74.6 cm³/mol. The van der Waals surface area contributed by atoms with Gasteiger partial charge in [-0.25, -0.2) is 4.98 Å². The summed E-state index contributed by atoms with van der Waals surface area (Å²) in [6, 6.07) is 1.97. The van der Waals surface area contributed by atoms with Crippen molar-refractivity contribution in [1.29, 1.82) is 0 Å². The molecule has 20 heavy (non-hydrogen) atoms. The Balaban J connectivity index is 1.81. The second kappa shape index (κ2) is 5.44. The van der Waals surface area contributed by atoms with Gasteiger partial charge in [-0.15, -0.1) is 0 Å². The number of aromatic nitrogens is 4. The first-order valence-electron chi connectivity index (χ1n) is 6.79. The third-order valence-corrected chi connectivity index (χ3v) is 3.39. The highest BCUT2D eigenvalue weighted by Crippen LogP contribution is 2.20. The van der Waals surface area contributed by atoms with Gasteiger partial charge in [-0.2, -0.15) is 9.97 Å². The van der Waals surface area contributed by atoms with Gasteiger partial charge in [0.2, 0.25) is 12.3 Å². The fourth-order valence-electron chi connectivity index (χ4n) is 2.35. The standard InChI is InChI=1S/C13H18N6O/c1-10-7-12(18(2)8-11-14-9-20-17-11)16-13(15-10)19-5-3-4-6-19/h7,9H,3-6,8H2,1-2H3. The van der Waals surface area contributed by atoms with Gasteiger partial charge in [0.15, 0.2) is 5.82 Å². The predicted octanol–water partition coefficient (Wildman–Crippen LogP) is 1.40. The molecule has 0 unspecified atom stereocenters. The maximum atomic E-state index is 4.75. The summed E-state index contributed by atoms with van der Waals surface area (Å²) in [4.78, 5) is 17.4. The van der Waals surface area contributed by atoms with Crippen LogP contribution in [0, 0.1) is 6.92 Å². The molecule has 0 amide bonds. The second-order valence-electron chi connectivity index (χ2n) is 5.07. The normalized spacial score (nSPS) is 14.8. The van der Waals surface area contributed by atoms with E-state index in [4.69, 9.17) is 4.52 Å². The Labute approximate surface area is 117 Å². The van der Waals surface area contributed by atoms with E-state index in [0.717, 1.165) is 30.5 Å². The minimum absolute atomic E-state index is 0.562. The van der Waals surface area contributed by atoms with Crippen molar-refractivity contribution in [2.75, 3.05) is 29.9 Å². The monoisotopic (exact) mass is 274 g/mol. The molecule has 106 valence electrons. The highest BCUT2D eigenvalue weighted by atomic mass is 16.5. The number of hydrogen-bond donors (Lipinski definition) is 0. The van der Waals surface area contributed by atoms with Crippen LogP contribution in [0.1, 0.15) is 24.4 Å². The molecule has 0 aliphatic carbocycles. The van der Waals surface area contributed by atoms with Gasteiger partial charge in [0.1, 0.15) is 5.82 Å². The van der Waals surface area contributed by atoms with Crippen LogP contribution in [0.3, 0.4) is 0 Å². The lowest BCUT2D eigenvalue weighted by molar-refractivity contribution is 0.409. The molecule has 0 aromatic carbocycles. The summed E-state index contributed by atoms with van der Waals surface area (Å²) >= 11 is 0. The average molecular weight is 274 g/mol. The van der Waals surface area contributed by atoms with Crippen molar-refractivity contribution >= 4 is 11.8 Å². The Bertz CT molecular complexity index is 564. The van der Waals surface area contributed by atoms with Crippen LogP contribution in [-0.4, -0.2) is 40.2 Å². The smallest absolute Gasteiger partial charge is 0.227 e. The molecule has 0 atom stereocenters. The van der Waals surface area contributed by atoms with Crippen molar-refractivity contribution < 1.29 is 4.52 Å². The van der Waals surface area contributed by atoms with Crippen LogP contribution >= 0.6 is 0 Å². The summed E-state index contributed by atoms with van der Waals surface area (Å²) in [5.74, 6) is 2.34. The quantitative estimate of drug-likeness (QED) is 0.834. The summed E-state index contributed by atoms with van der Waals surface area (Å²) in [5.41, 5.74) is 0.969. The van der Waals surface area contributed by atoms with Crippen molar-refractivity contribution in [3.63, 3.8) is 0 Å². The zero-order chi connectivity index (χ0) is 13.9. The fraction of sp³-hybridized carbons (Fsp3) is 0.538. The maximum Gasteiger partial charge on any atom is 0.227 e. The topological polar surface area (TPSA) is 71.2 Å². The highest BCUT2D eigenvalue weighted by molar-refractivity contribution is 5.45. The van der Waals surface area contributed by atoms with E-state index < -0.39 is 0 Å². The minimum atomic E-state index is 0.562. The first kappa shape index (κ1) is 12.8. The molecule has 0 spiro atoms. The first-order valence-corrected chi connectivity index (χ1v) is 6.79. The van der Waals surface area contributed by atoms with E-state index >= 15 is 0 Å². The number of anilines is 2. The molecule has 0 radical (unpaired) electrons. The fourth-order valence-corrected chi connectivity index (χ4v) is 2.35. The summed E-state index contributed by atoms with van der Waals surface area (Å²) in [6.07, 6.45) is 3.76. The van der Waals surface area contributed by atoms with Crippen molar-refractivity contribution in [2.45, 2.75) is 26.3 Å². The van der Waals surface area contributed by atoms with E-state index in [1.807, 2.05) is 24.9 Å². The molecular formula is C13H18N6O. The zero-order valence-corrected chi connectivity index (χ0v) is 11.8. The van der Waals surface area contributed by atoms with Gasteiger partial charge >= 0.3 is 0 Å². The van der Waals surface area contributed by atoms with Gasteiger partial charge in [0.05, 0.1) is 6.54 Å². The molecule has 1 saturated heterocycles. The van der Waals surface area contributed by atoms with Gasteiger partial charge in [-0.1, -0.05) is 5.16 Å². The van der Waals surface area contributed by atoms with Crippen molar-refractivity contribution in [3.05, 3.63) is 24.0 Å². The van der Waals surface area contributed by atoms with Crippen LogP contribution in [0.5, 0.6) is 0 Å². The molecule has 7 heteroatoms. The van der Waals surface area contributed by atoms with Gasteiger partial charge < -0.3 is 14.3 Å². The molecule has 1 aliphatic heterocycles. The summed E-state index contributed by atoms with van der Waals surface area (Å²) < 4.78 is 4.75. The van der Waals surface area contributed by atoms with Crippen molar-refractivity contribution in [1.82, 2.24) is 20.1 Å². The number of rotatable bonds is 4. The minimum Gasteiger partial charge on any atom is -0.352 e. The Kier molecular flexibility index (Phi) is 3.49. The van der Waals surface area contributed by atoms with E-state index in [-0.39, 0.29) is 0 Å². The van der Waals surface area contributed by atoms with Gasteiger partial charge in [0, 0.05) is 31.9 Å². The Morgan fingerprint density at radius 2 is 2.10 bits per heavy atom. The van der Waals surface area contributed by atoms with Gasteiger partial charge in [0.25, 0.3) is 0 Å². The summed E-state index contributed by atoms with van der Waals surface area (Å²) in [5, 5.41) is 3.82. The van der Waals surface area contributed by atoms with Gasteiger partial charge in [-0.3, -0.25) is 0 Å². The van der Waals surface area contributed by atoms with Crippen molar-refractivity contribution in [3.8, 4) is 0 Å². The third-order valence-electron chi connectivity index (χ3n) is 3.39. The molecule has 0 saturated carbocycles. The van der Waals surface area contributed by atoms with E-state index in [1.165, 1.54) is 19.2 Å².